The maximum Gasteiger partial charge on any atom is 0.416 e. The number of carbonyl (C=O) groups is 3. The van der Waals surface area contributed by atoms with E-state index in [1.807, 2.05) is 0 Å². The number of Topliss-reactive ketones (excluding diaryl/α,β-unsaturated/α-hetero) is 1. The van der Waals surface area contributed by atoms with Gasteiger partial charge in [0.1, 0.15) is 35.3 Å². The predicted molar refractivity (Wildman–Crippen MR) is 122 cm³/mol. The van der Waals surface area contributed by atoms with Crippen molar-refractivity contribution in [1.82, 2.24) is 4.98 Å². The van der Waals surface area contributed by atoms with Crippen LogP contribution in [0.3, 0.4) is 0 Å². The zero-order valence-electron chi connectivity index (χ0n) is 22.5. The lowest BCUT2D eigenvalue weighted by molar-refractivity contribution is -0.161. The number of halogens is 6. The van der Waals surface area contributed by atoms with Gasteiger partial charge in [0.15, 0.2) is 17.7 Å². The summed E-state index contributed by atoms with van der Waals surface area (Å²) in [5, 5.41) is -0.740. The number of ether oxygens (including phenoxy) is 2. The molecule has 3 unspecified atom stereocenters. The molecule has 0 bridgehead atoms. The van der Waals surface area contributed by atoms with Crippen molar-refractivity contribution in [1.29, 1.82) is 0 Å². The number of rotatable bonds is 3. The van der Waals surface area contributed by atoms with Crippen molar-refractivity contribution in [3.05, 3.63) is 51.7 Å². The number of ketones is 1. The summed E-state index contributed by atoms with van der Waals surface area (Å²) in [5.74, 6) is -8.45. The van der Waals surface area contributed by atoms with Crippen LogP contribution < -0.4 is 9.80 Å². The van der Waals surface area contributed by atoms with Crippen LogP contribution in [-0.2, 0) is 31.7 Å². The zero-order chi connectivity index (χ0) is 30.4. The summed E-state index contributed by atoms with van der Waals surface area (Å²) >= 11 is 5.73. The van der Waals surface area contributed by atoms with E-state index in [2.05, 4.69) is 4.98 Å². The van der Waals surface area contributed by atoms with Crippen LogP contribution >= 0.6 is 11.6 Å². The van der Waals surface area contributed by atoms with Crippen molar-refractivity contribution in [2.45, 2.75) is 56.9 Å². The Kier molecular flexibility index (Phi) is 5.21. The summed E-state index contributed by atoms with van der Waals surface area (Å²) < 4.78 is 106. The minimum absolute atomic E-state index is 0.0706. The molecule has 2 saturated heterocycles. The molecule has 0 spiro atoms. The number of nitrogens with zero attached hydrogens (tertiary/aromatic N) is 3. The van der Waals surface area contributed by atoms with E-state index in [-0.39, 0.29) is 29.4 Å². The standard InChI is InChI=1S/C24H19ClF5N3O5/c1-23(2)37-19-18(21(35)32(3)14-7-11(25)12(26)8-13(14)27)33(22(36)20(19)38-23)16-6-10(24(28,29)30)9-4-5-15(34)17(9)31-16/h6-8,18-20H,4-5H2,1-3H3/i3D3. The third kappa shape index (κ3) is 4.12. The molecule has 8 nitrogen and oxygen atoms in total. The number of hydrogen-bond donors (Lipinski definition) is 0. The molecule has 14 heteroatoms. The van der Waals surface area contributed by atoms with Gasteiger partial charge in [-0.2, -0.15) is 13.2 Å². The monoisotopic (exact) mass is 562 g/mol. The highest BCUT2D eigenvalue weighted by Gasteiger charge is 2.61. The number of likely N-dealkylation sites (N-methyl/N-ethyl adjacent to an activating group) is 1. The molecule has 1 aromatic heterocycles. The van der Waals surface area contributed by atoms with Crippen LogP contribution in [0.25, 0.3) is 0 Å². The van der Waals surface area contributed by atoms with Gasteiger partial charge in [-0.15, -0.1) is 0 Å². The highest BCUT2D eigenvalue weighted by molar-refractivity contribution is 6.31. The van der Waals surface area contributed by atoms with E-state index < -0.39 is 94.2 Å². The fourth-order valence-corrected chi connectivity index (χ4v) is 5.01. The second kappa shape index (κ2) is 8.68. The number of aromatic nitrogens is 1. The molecule has 3 aliphatic rings. The third-order valence-electron chi connectivity index (χ3n) is 6.43. The summed E-state index contributed by atoms with van der Waals surface area (Å²) in [5.41, 5.74) is -3.21. The summed E-state index contributed by atoms with van der Waals surface area (Å²) in [4.78, 5) is 44.3. The van der Waals surface area contributed by atoms with Gasteiger partial charge in [0.25, 0.3) is 11.8 Å². The Hall–Kier alpha value is -3.16. The Morgan fingerprint density at radius 3 is 2.55 bits per heavy atom. The van der Waals surface area contributed by atoms with E-state index in [9.17, 15) is 36.3 Å². The molecular formula is C24H19ClF5N3O5. The average Bonchev–Trinajstić information content (AvgIpc) is 3.44. The van der Waals surface area contributed by atoms with Crippen LogP contribution in [0.5, 0.6) is 0 Å². The number of anilines is 2. The number of benzene rings is 1. The molecule has 3 atom stereocenters. The molecule has 2 aromatic rings. The van der Waals surface area contributed by atoms with E-state index in [1.54, 1.807) is 0 Å². The Morgan fingerprint density at radius 2 is 1.89 bits per heavy atom. The number of hydrogen-bond acceptors (Lipinski definition) is 6. The summed E-state index contributed by atoms with van der Waals surface area (Å²) in [7, 11) is 0. The van der Waals surface area contributed by atoms with Gasteiger partial charge in [-0.25, -0.2) is 13.8 Å². The molecule has 0 N–H and O–H groups in total. The van der Waals surface area contributed by atoms with Crippen LogP contribution in [0.4, 0.5) is 33.5 Å². The third-order valence-corrected chi connectivity index (χ3v) is 6.72. The Bertz CT molecular complexity index is 1500. The number of alkyl halides is 3. The average molecular weight is 563 g/mol. The van der Waals surface area contributed by atoms with Crippen LogP contribution in [0.2, 0.25) is 5.02 Å². The minimum atomic E-state index is -4.99. The zero-order valence-corrected chi connectivity index (χ0v) is 20.3. The van der Waals surface area contributed by atoms with Gasteiger partial charge in [0, 0.05) is 23.6 Å². The van der Waals surface area contributed by atoms with Gasteiger partial charge in [0.05, 0.1) is 16.3 Å². The molecule has 2 fully saturated rings. The normalized spacial score (nSPS) is 25.6. The van der Waals surface area contributed by atoms with Gasteiger partial charge in [0.2, 0.25) is 0 Å². The first kappa shape index (κ1) is 22.8. The highest BCUT2D eigenvalue weighted by Crippen LogP contribution is 2.43. The van der Waals surface area contributed by atoms with Crippen LogP contribution in [0.15, 0.2) is 18.2 Å². The summed E-state index contributed by atoms with van der Waals surface area (Å²) in [6.07, 6.45) is -8.73. The minimum Gasteiger partial charge on any atom is -0.341 e. The fraction of sp³-hybridized carbons (Fsp3) is 0.417. The smallest absolute Gasteiger partial charge is 0.341 e. The molecular weight excluding hydrogens is 541 g/mol. The Balaban J connectivity index is 1.71. The van der Waals surface area contributed by atoms with Crippen LogP contribution in [0.1, 0.15) is 46.0 Å². The molecule has 3 heterocycles. The van der Waals surface area contributed by atoms with E-state index in [0.717, 1.165) is 0 Å². The maximum atomic E-state index is 14.9. The second-order valence-electron chi connectivity index (χ2n) is 9.34. The molecule has 2 aliphatic heterocycles. The van der Waals surface area contributed by atoms with Crippen LogP contribution in [-0.4, -0.2) is 53.6 Å². The Labute approximate surface area is 221 Å². The van der Waals surface area contributed by atoms with Gasteiger partial charge < -0.3 is 14.4 Å². The van der Waals surface area contributed by atoms with Gasteiger partial charge in [-0.05, 0) is 38.0 Å². The molecule has 2 amide bonds. The predicted octanol–water partition coefficient (Wildman–Crippen LogP) is 4.06. The first-order valence-electron chi connectivity index (χ1n) is 12.6. The number of amides is 2. The highest BCUT2D eigenvalue weighted by atomic mass is 35.5. The summed E-state index contributed by atoms with van der Waals surface area (Å²) in [6, 6.07) is -0.817. The molecule has 202 valence electrons. The summed E-state index contributed by atoms with van der Waals surface area (Å²) in [6.45, 7) is -0.724. The molecule has 5 rings (SSSR count). The van der Waals surface area contributed by atoms with Gasteiger partial charge in [-0.1, -0.05) is 11.6 Å². The fourth-order valence-electron chi connectivity index (χ4n) is 4.85. The Morgan fingerprint density at radius 1 is 1.18 bits per heavy atom. The largest absolute Gasteiger partial charge is 0.416 e. The maximum absolute atomic E-state index is 14.9. The number of carbonyl (C=O) groups excluding carboxylic acids is 3. The van der Waals surface area contributed by atoms with E-state index >= 15 is 0 Å². The van der Waals surface area contributed by atoms with E-state index in [0.29, 0.717) is 17.0 Å². The molecule has 1 aromatic carbocycles. The first-order chi connectivity index (χ1) is 18.8. The lowest BCUT2D eigenvalue weighted by Crippen LogP contribution is -2.51. The quantitative estimate of drug-likeness (QED) is 0.414. The van der Waals surface area contributed by atoms with Crippen molar-refractivity contribution in [2.24, 2.45) is 0 Å². The lowest BCUT2D eigenvalue weighted by atomic mass is 10.1. The first-order valence-corrected chi connectivity index (χ1v) is 11.5. The SMILES string of the molecule is [2H]C([2H])([2H])N(C(=O)C1C2OC(C)(C)OC2C(=O)N1c1cc(C(F)(F)F)c2c(n1)C(=O)CC2)c1cc(Cl)c(F)cc1F. The molecule has 0 saturated carbocycles. The van der Waals surface area contributed by atoms with Crippen molar-refractivity contribution < 1.29 is 49.9 Å². The molecule has 38 heavy (non-hydrogen) atoms. The second-order valence-corrected chi connectivity index (χ2v) is 9.75. The van der Waals surface area contributed by atoms with Crippen molar-refractivity contribution in [2.75, 3.05) is 16.8 Å². The van der Waals surface area contributed by atoms with Crippen molar-refractivity contribution >= 4 is 40.7 Å². The molecule has 0 radical (unpaired) electrons. The van der Waals surface area contributed by atoms with E-state index in [1.165, 1.54) is 13.8 Å². The molecule has 1 aliphatic carbocycles. The lowest BCUT2D eigenvalue weighted by Gasteiger charge is -2.31. The topological polar surface area (TPSA) is 89.0 Å². The van der Waals surface area contributed by atoms with E-state index in [4.69, 9.17) is 25.2 Å². The number of fused-ring (bicyclic) bond motifs is 2. The van der Waals surface area contributed by atoms with Gasteiger partial charge in [-0.3, -0.25) is 19.3 Å². The van der Waals surface area contributed by atoms with Gasteiger partial charge >= 0.3 is 6.18 Å². The van der Waals surface area contributed by atoms with Crippen LogP contribution in [0, 0.1) is 11.6 Å². The number of pyridine rings is 1. The van der Waals surface area contributed by atoms with Crippen molar-refractivity contribution in [3.63, 3.8) is 0 Å². The van der Waals surface area contributed by atoms with Crippen molar-refractivity contribution in [3.8, 4) is 0 Å².